The van der Waals surface area contributed by atoms with Gasteiger partial charge >= 0.3 is 0 Å². The minimum atomic E-state index is -0.653. The Morgan fingerprint density at radius 2 is 1.96 bits per heavy atom. The predicted octanol–water partition coefficient (Wildman–Crippen LogP) is 2.64. The summed E-state index contributed by atoms with van der Waals surface area (Å²) in [6.07, 6.45) is 1.50. The molecular weight excluding hydrogens is 331 g/mol. The molecule has 0 aliphatic heterocycles. The molecule has 2 heterocycles. The molecule has 8 heteroatoms. The quantitative estimate of drug-likeness (QED) is 0.762. The molecule has 6 nitrogen and oxygen atoms in total. The maximum atomic E-state index is 13.0. The Morgan fingerprint density at radius 3 is 2.54 bits per heavy atom. The van der Waals surface area contributed by atoms with Crippen LogP contribution in [0.2, 0.25) is 0 Å². The number of nitrogens with zero attached hydrogens (tertiary/aromatic N) is 2. The number of aromatic nitrogens is 2. The zero-order valence-corrected chi connectivity index (χ0v) is 13.4. The van der Waals surface area contributed by atoms with Crippen LogP contribution < -0.4 is 11.1 Å². The van der Waals surface area contributed by atoms with Crippen molar-refractivity contribution in [2.45, 2.75) is 0 Å². The molecule has 0 atom stereocenters. The second-order valence-corrected chi connectivity index (χ2v) is 6.07. The molecule has 0 aliphatic rings. The third-order valence-electron chi connectivity index (χ3n) is 3.41. The first-order valence-electron chi connectivity index (χ1n) is 6.94. The van der Waals surface area contributed by atoms with Crippen molar-refractivity contribution < 1.29 is 14.0 Å². The fourth-order valence-corrected chi connectivity index (χ4v) is 3.25. The Hall–Kier alpha value is -3.00. The summed E-state index contributed by atoms with van der Waals surface area (Å²) < 4.78 is 14.5. The summed E-state index contributed by atoms with van der Waals surface area (Å²) in [5.41, 5.74) is 6.67. The molecule has 24 heavy (non-hydrogen) atoms. The number of carbonyl (C=O) groups excluding carboxylic acids is 2. The molecule has 0 unspecified atom stereocenters. The highest BCUT2D eigenvalue weighted by Gasteiger charge is 2.19. The van der Waals surface area contributed by atoms with Gasteiger partial charge in [0.1, 0.15) is 16.5 Å². The maximum absolute atomic E-state index is 13.0. The Morgan fingerprint density at radius 1 is 1.25 bits per heavy atom. The Bertz CT molecular complexity index is 915. The molecule has 3 N–H and O–H groups in total. The first kappa shape index (κ1) is 15.9. The number of benzene rings is 1. The lowest BCUT2D eigenvalue weighted by atomic mass is 10.1. The van der Waals surface area contributed by atoms with Crippen LogP contribution in [0.25, 0.3) is 10.4 Å². The molecule has 2 aromatic heterocycles. The third kappa shape index (κ3) is 3.04. The van der Waals surface area contributed by atoms with Gasteiger partial charge in [-0.1, -0.05) is 12.1 Å². The maximum Gasteiger partial charge on any atom is 0.274 e. The number of hydrogen-bond acceptors (Lipinski definition) is 4. The molecule has 2 amide bonds. The highest BCUT2D eigenvalue weighted by molar-refractivity contribution is 7.20. The summed E-state index contributed by atoms with van der Waals surface area (Å²) in [7, 11) is 1.64. The van der Waals surface area contributed by atoms with Crippen molar-refractivity contribution in [3.05, 3.63) is 59.7 Å². The van der Waals surface area contributed by atoms with E-state index in [4.69, 9.17) is 5.73 Å². The molecule has 1 aromatic carbocycles. The van der Waals surface area contributed by atoms with Gasteiger partial charge in [0.25, 0.3) is 11.8 Å². The van der Waals surface area contributed by atoms with E-state index in [0.717, 1.165) is 5.56 Å². The van der Waals surface area contributed by atoms with Crippen molar-refractivity contribution in [2.24, 2.45) is 12.8 Å². The molecule has 0 saturated carbocycles. The van der Waals surface area contributed by atoms with Gasteiger partial charge in [0.2, 0.25) is 0 Å². The first-order chi connectivity index (χ1) is 11.5. The van der Waals surface area contributed by atoms with Crippen molar-refractivity contribution in [2.75, 3.05) is 5.32 Å². The van der Waals surface area contributed by atoms with Crippen LogP contribution in [0.15, 0.2) is 42.6 Å². The summed E-state index contributed by atoms with van der Waals surface area (Å²) in [6, 6.07) is 8.99. The van der Waals surface area contributed by atoms with E-state index in [1.54, 1.807) is 31.3 Å². The molecular formula is C16H13FN4O2S. The van der Waals surface area contributed by atoms with E-state index in [1.165, 1.54) is 34.3 Å². The molecule has 0 aliphatic carbocycles. The van der Waals surface area contributed by atoms with Gasteiger partial charge in [0.05, 0.1) is 5.56 Å². The van der Waals surface area contributed by atoms with Gasteiger partial charge in [-0.25, -0.2) is 4.39 Å². The SMILES string of the molecule is Cn1nccc1C(=O)Nc1sc(-c2ccc(F)cc2)cc1C(N)=O. The van der Waals surface area contributed by atoms with Gasteiger partial charge in [-0.05, 0) is 29.8 Å². The largest absolute Gasteiger partial charge is 0.366 e. The molecule has 3 aromatic rings. The number of thiophene rings is 1. The molecule has 0 bridgehead atoms. The van der Waals surface area contributed by atoms with Gasteiger partial charge in [-0.15, -0.1) is 11.3 Å². The van der Waals surface area contributed by atoms with E-state index >= 15 is 0 Å². The zero-order chi connectivity index (χ0) is 17.3. The van der Waals surface area contributed by atoms with Crippen molar-refractivity contribution >= 4 is 28.2 Å². The summed E-state index contributed by atoms with van der Waals surface area (Å²) >= 11 is 1.19. The summed E-state index contributed by atoms with van der Waals surface area (Å²) in [4.78, 5) is 24.6. The minimum Gasteiger partial charge on any atom is -0.366 e. The lowest BCUT2D eigenvalue weighted by molar-refractivity contribution is 0.100. The highest BCUT2D eigenvalue weighted by atomic mass is 32.1. The number of carbonyl (C=O) groups is 2. The van der Waals surface area contributed by atoms with Crippen molar-refractivity contribution in [3.63, 3.8) is 0 Å². The topological polar surface area (TPSA) is 90.0 Å². The monoisotopic (exact) mass is 344 g/mol. The summed E-state index contributed by atoms with van der Waals surface area (Å²) in [6.45, 7) is 0. The number of primary amides is 1. The Kier molecular flexibility index (Phi) is 4.13. The lowest BCUT2D eigenvalue weighted by Crippen LogP contribution is -2.18. The van der Waals surface area contributed by atoms with Crippen LogP contribution in [0.1, 0.15) is 20.8 Å². The average molecular weight is 344 g/mol. The van der Waals surface area contributed by atoms with Crippen molar-refractivity contribution in [3.8, 4) is 10.4 Å². The van der Waals surface area contributed by atoms with Crippen molar-refractivity contribution in [1.29, 1.82) is 0 Å². The fourth-order valence-electron chi connectivity index (χ4n) is 2.19. The third-order valence-corrected chi connectivity index (χ3v) is 4.51. The highest BCUT2D eigenvalue weighted by Crippen LogP contribution is 2.35. The number of aryl methyl sites for hydroxylation is 1. The Balaban J connectivity index is 1.95. The average Bonchev–Trinajstić information content (AvgIpc) is 3.14. The predicted molar refractivity (Wildman–Crippen MR) is 89.4 cm³/mol. The second kappa shape index (κ2) is 6.25. The molecule has 0 saturated heterocycles. The Labute approximate surface area is 140 Å². The van der Waals surface area contributed by atoms with Crippen LogP contribution in [0.5, 0.6) is 0 Å². The van der Waals surface area contributed by atoms with Gasteiger partial charge in [0, 0.05) is 18.1 Å². The van der Waals surface area contributed by atoms with E-state index in [0.29, 0.717) is 15.6 Å². The standard InChI is InChI=1S/C16H13FN4O2S/c1-21-12(6-7-19-21)15(23)20-16-11(14(18)22)8-13(24-16)9-2-4-10(17)5-3-9/h2-8H,1H3,(H2,18,22)(H,20,23). The number of anilines is 1. The van der Waals surface area contributed by atoms with E-state index in [2.05, 4.69) is 10.4 Å². The molecule has 122 valence electrons. The van der Waals surface area contributed by atoms with Crippen LogP contribution in [0, 0.1) is 5.82 Å². The molecule has 0 spiro atoms. The number of nitrogens with two attached hydrogens (primary N) is 1. The smallest absolute Gasteiger partial charge is 0.274 e. The molecule has 0 fully saturated rings. The van der Waals surface area contributed by atoms with E-state index in [9.17, 15) is 14.0 Å². The van der Waals surface area contributed by atoms with Crippen LogP contribution in [0.4, 0.5) is 9.39 Å². The van der Waals surface area contributed by atoms with Crippen LogP contribution >= 0.6 is 11.3 Å². The second-order valence-electron chi connectivity index (χ2n) is 5.02. The number of nitrogens with one attached hydrogen (secondary N) is 1. The number of halogens is 1. The van der Waals surface area contributed by atoms with Gasteiger partial charge < -0.3 is 11.1 Å². The van der Waals surface area contributed by atoms with Gasteiger partial charge in [0.15, 0.2) is 0 Å². The summed E-state index contributed by atoms with van der Waals surface area (Å²) in [5.74, 6) is -1.40. The number of rotatable bonds is 4. The van der Waals surface area contributed by atoms with E-state index in [-0.39, 0.29) is 11.4 Å². The fraction of sp³-hybridized carbons (Fsp3) is 0.0625. The molecule has 0 radical (unpaired) electrons. The number of hydrogen-bond donors (Lipinski definition) is 2. The number of amides is 2. The van der Waals surface area contributed by atoms with E-state index < -0.39 is 11.8 Å². The van der Waals surface area contributed by atoms with Gasteiger partial charge in [-0.3, -0.25) is 14.3 Å². The van der Waals surface area contributed by atoms with Crippen LogP contribution in [-0.4, -0.2) is 21.6 Å². The molecule has 3 rings (SSSR count). The first-order valence-corrected chi connectivity index (χ1v) is 7.76. The van der Waals surface area contributed by atoms with E-state index in [1.807, 2.05) is 0 Å². The summed E-state index contributed by atoms with van der Waals surface area (Å²) in [5, 5.41) is 6.95. The normalized spacial score (nSPS) is 10.6. The van der Waals surface area contributed by atoms with Gasteiger partial charge in [-0.2, -0.15) is 5.10 Å². The van der Waals surface area contributed by atoms with Crippen LogP contribution in [-0.2, 0) is 7.05 Å². The van der Waals surface area contributed by atoms with Crippen molar-refractivity contribution in [1.82, 2.24) is 9.78 Å². The van der Waals surface area contributed by atoms with Crippen LogP contribution in [0.3, 0.4) is 0 Å². The lowest BCUT2D eigenvalue weighted by Gasteiger charge is -2.04. The minimum absolute atomic E-state index is 0.204. The zero-order valence-electron chi connectivity index (χ0n) is 12.6.